The molecule has 0 aliphatic carbocycles. The van der Waals surface area contributed by atoms with Crippen LogP contribution in [0.1, 0.15) is 37.7 Å². The zero-order valence-electron chi connectivity index (χ0n) is 10.9. The first-order chi connectivity index (χ1) is 7.41. The molecule has 0 saturated heterocycles. The van der Waals surface area contributed by atoms with E-state index in [9.17, 15) is 5.11 Å². The number of likely N-dealkylation sites (N-methyl/N-ethyl adjacent to an activating group) is 1. The van der Waals surface area contributed by atoms with E-state index in [1.807, 2.05) is 25.6 Å². The molecule has 1 aromatic rings. The number of nitrogens with zero attached hydrogens (tertiary/aromatic N) is 2. The number of rotatable bonds is 5. The Kier molecular flexibility index (Phi) is 4.10. The molecule has 2 N–H and O–H groups in total. The molecule has 4 heteroatoms. The van der Waals surface area contributed by atoms with Crippen LogP contribution >= 0.6 is 0 Å². The molecule has 1 aromatic heterocycles. The van der Waals surface area contributed by atoms with Crippen LogP contribution in [0.15, 0.2) is 6.07 Å². The van der Waals surface area contributed by atoms with Crippen LogP contribution in [0.25, 0.3) is 0 Å². The van der Waals surface area contributed by atoms with Crippen LogP contribution in [0.3, 0.4) is 0 Å². The molecule has 16 heavy (non-hydrogen) atoms. The zero-order chi connectivity index (χ0) is 12.3. The van der Waals surface area contributed by atoms with E-state index >= 15 is 0 Å². The molecule has 4 nitrogen and oxygen atoms in total. The first-order valence-corrected chi connectivity index (χ1v) is 5.74. The molecule has 0 saturated carbocycles. The van der Waals surface area contributed by atoms with Gasteiger partial charge in [0.05, 0.1) is 18.3 Å². The van der Waals surface area contributed by atoms with Gasteiger partial charge in [-0.2, -0.15) is 5.10 Å². The van der Waals surface area contributed by atoms with Crippen LogP contribution in [-0.2, 0) is 0 Å². The maximum absolute atomic E-state index is 9.36. The first-order valence-electron chi connectivity index (χ1n) is 5.74. The van der Waals surface area contributed by atoms with Crippen molar-refractivity contribution < 1.29 is 5.11 Å². The third-order valence-corrected chi connectivity index (χ3v) is 3.16. The van der Waals surface area contributed by atoms with Gasteiger partial charge in [-0.1, -0.05) is 0 Å². The lowest BCUT2D eigenvalue weighted by atomic mass is 9.95. The Hall–Kier alpha value is -0.870. The van der Waals surface area contributed by atoms with E-state index in [0.717, 1.165) is 12.1 Å². The highest BCUT2D eigenvalue weighted by Gasteiger charge is 2.25. The third kappa shape index (κ3) is 2.83. The van der Waals surface area contributed by atoms with Crippen molar-refractivity contribution in [3.63, 3.8) is 0 Å². The van der Waals surface area contributed by atoms with Crippen LogP contribution in [0.5, 0.6) is 0 Å². The van der Waals surface area contributed by atoms with E-state index in [1.54, 1.807) is 0 Å². The number of hydrogen-bond donors (Lipinski definition) is 2. The summed E-state index contributed by atoms with van der Waals surface area (Å²) in [6.07, 6.45) is 0.849. The molecule has 0 radical (unpaired) electrons. The second-order valence-electron chi connectivity index (χ2n) is 4.89. The minimum Gasteiger partial charge on any atom is -0.394 e. The van der Waals surface area contributed by atoms with Gasteiger partial charge in [-0.05, 0) is 47.2 Å². The Labute approximate surface area is 97.7 Å². The molecule has 2 atom stereocenters. The minimum atomic E-state index is -0.244. The predicted molar refractivity (Wildman–Crippen MR) is 65.6 cm³/mol. The van der Waals surface area contributed by atoms with Gasteiger partial charge in [0.1, 0.15) is 0 Å². The van der Waals surface area contributed by atoms with Gasteiger partial charge in [-0.15, -0.1) is 0 Å². The molecule has 0 amide bonds. The predicted octanol–water partition coefficient (Wildman–Crippen LogP) is 1.42. The number of nitrogens with one attached hydrogen (secondary N) is 1. The van der Waals surface area contributed by atoms with E-state index < -0.39 is 0 Å². The lowest BCUT2D eigenvalue weighted by Gasteiger charge is -2.30. The van der Waals surface area contributed by atoms with Crippen LogP contribution in [0, 0.1) is 13.8 Å². The molecule has 0 fully saturated rings. The highest BCUT2D eigenvalue weighted by atomic mass is 16.3. The van der Waals surface area contributed by atoms with Crippen LogP contribution in [0.4, 0.5) is 0 Å². The first kappa shape index (κ1) is 13.2. The average molecular weight is 225 g/mol. The summed E-state index contributed by atoms with van der Waals surface area (Å²) in [6.45, 7) is 8.35. The number of hydrogen-bond acceptors (Lipinski definition) is 3. The highest BCUT2D eigenvalue weighted by Crippen LogP contribution is 2.21. The SMILES string of the molecule is CNC(C)(CO)CC(C)n1nc(C)cc1C. The molecule has 0 aliphatic heterocycles. The Morgan fingerprint density at radius 3 is 2.56 bits per heavy atom. The molecular formula is C12H23N3O. The highest BCUT2D eigenvalue weighted by molar-refractivity contribution is 5.07. The van der Waals surface area contributed by atoms with Gasteiger partial charge in [0.2, 0.25) is 0 Å². The molecule has 1 heterocycles. The Bertz CT molecular complexity index is 342. The summed E-state index contributed by atoms with van der Waals surface area (Å²) in [5.74, 6) is 0. The van der Waals surface area contributed by atoms with Crippen LogP contribution in [0.2, 0.25) is 0 Å². The summed E-state index contributed by atoms with van der Waals surface area (Å²) < 4.78 is 2.03. The smallest absolute Gasteiger partial charge is 0.0611 e. The van der Waals surface area contributed by atoms with Gasteiger partial charge in [-0.3, -0.25) is 4.68 Å². The topological polar surface area (TPSA) is 50.1 Å². The molecule has 92 valence electrons. The summed E-state index contributed by atoms with van der Waals surface area (Å²) in [5, 5.41) is 17.0. The number of aliphatic hydroxyl groups is 1. The number of aryl methyl sites for hydroxylation is 2. The zero-order valence-corrected chi connectivity index (χ0v) is 10.9. The second-order valence-corrected chi connectivity index (χ2v) is 4.89. The summed E-state index contributed by atoms with van der Waals surface area (Å²) >= 11 is 0. The van der Waals surface area contributed by atoms with Gasteiger partial charge in [-0.25, -0.2) is 0 Å². The van der Waals surface area contributed by atoms with Crippen molar-refractivity contribution in [3.05, 3.63) is 17.5 Å². The van der Waals surface area contributed by atoms with Crippen molar-refractivity contribution in [2.24, 2.45) is 0 Å². The van der Waals surface area contributed by atoms with Crippen LogP contribution < -0.4 is 5.32 Å². The fourth-order valence-electron chi connectivity index (χ4n) is 2.08. The summed E-state index contributed by atoms with van der Waals surface area (Å²) in [5.41, 5.74) is 1.96. The average Bonchev–Trinajstić information content (AvgIpc) is 2.57. The molecule has 0 spiro atoms. The van der Waals surface area contributed by atoms with Crippen molar-refractivity contribution in [3.8, 4) is 0 Å². The van der Waals surface area contributed by atoms with E-state index in [1.165, 1.54) is 5.69 Å². The Morgan fingerprint density at radius 1 is 1.56 bits per heavy atom. The summed E-state index contributed by atoms with van der Waals surface area (Å²) in [7, 11) is 1.88. The van der Waals surface area contributed by atoms with Gasteiger partial charge >= 0.3 is 0 Å². The van der Waals surface area contributed by atoms with Crippen molar-refractivity contribution in [1.82, 2.24) is 15.1 Å². The molecular weight excluding hydrogens is 202 g/mol. The second kappa shape index (κ2) is 4.97. The maximum Gasteiger partial charge on any atom is 0.0611 e. The maximum atomic E-state index is 9.36. The summed E-state index contributed by atoms with van der Waals surface area (Å²) in [6, 6.07) is 2.35. The third-order valence-electron chi connectivity index (χ3n) is 3.16. The van der Waals surface area contributed by atoms with E-state index in [0.29, 0.717) is 0 Å². The Morgan fingerprint density at radius 2 is 2.19 bits per heavy atom. The quantitative estimate of drug-likeness (QED) is 0.797. The standard InChI is InChI=1S/C12H23N3O/c1-9-6-10(2)15(14-9)11(3)7-12(4,8-16)13-5/h6,11,13,16H,7-8H2,1-5H3. The largest absolute Gasteiger partial charge is 0.394 e. The Balaban J connectivity index is 2.79. The van der Waals surface area contributed by atoms with Crippen LogP contribution in [-0.4, -0.2) is 34.1 Å². The monoisotopic (exact) mass is 225 g/mol. The fourth-order valence-corrected chi connectivity index (χ4v) is 2.08. The molecule has 2 unspecified atom stereocenters. The molecule has 0 aliphatic rings. The van der Waals surface area contributed by atoms with Gasteiger partial charge in [0.25, 0.3) is 0 Å². The van der Waals surface area contributed by atoms with E-state index in [2.05, 4.69) is 30.3 Å². The van der Waals surface area contributed by atoms with E-state index in [-0.39, 0.29) is 18.2 Å². The van der Waals surface area contributed by atoms with Crippen molar-refractivity contribution in [2.45, 2.75) is 45.7 Å². The molecule has 0 bridgehead atoms. The minimum absolute atomic E-state index is 0.132. The van der Waals surface area contributed by atoms with Gasteiger partial charge in [0.15, 0.2) is 0 Å². The van der Waals surface area contributed by atoms with Crippen molar-refractivity contribution >= 4 is 0 Å². The molecule has 1 rings (SSSR count). The van der Waals surface area contributed by atoms with Crippen molar-refractivity contribution in [1.29, 1.82) is 0 Å². The van der Waals surface area contributed by atoms with E-state index in [4.69, 9.17) is 0 Å². The number of aromatic nitrogens is 2. The van der Waals surface area contributed by atoms with Gasteiger partial charge in [0, 0.05) is 11.2 Å². The summed E-state index contributed by atoms with van der Waals surface area (Å²) in [4.78, 5) is 0. The lowest BCUT2D eigenvalue weighted by molar-refractivity contribution is 0.156. The lowest BCUT2D eigenvalue weighted by Crippen LogP contribution is -2.45. The normalized spacial score (nSPS) is 17.1. The molecule has 0 aromatic carbocycles. The van der Waals surface area contributed by atoms with Gasteiger partial charge < -0.3 is 10.4 Å². The van der Waals surface area contributed by atoms with Crippen molar-refractivity contribution in [2.75, 3.05) is 13.7 Å². The number of aliphatic hydroxyl groups excluding tert-OH is 1. The fraction of sp³-hybridized carbons (Fsp3) is 0.750.